The Morgan fingerprint density at radius 3 is 2.92 bits per heavy atom. The summed E-state index contributed by atoms with van der Waals surface area (Å²) >= 11 is 0. The van der Waals surface area contributed by atoms with Crippen molar-refractivity contribution in [1.82, 2.24) is 19.1 Å². The molecule has 0 amide bonds. The molecule has 0 radical (unpaired) electrons. The van der Waals surface area contributed by atoms with Crippen LogP contribution in [0.15, 0.2) is 11.1 Å². The van der Waals surface area contributed by atoms with Crippen molar-refractivity contribution in [2.45, 2.75) is 50.5 Å². The Hall–Kier alpha value is -2.01. The molecular formula is C14H19N5O5. The molecule has 2 aliphatic rings. The molecule has 130 valence electrons. The van der Waals surface area contributed by atoms with Crippen molar-refractivity contribution in [3.8, 4) is 0 Å². The lowest BCUT2D eigenvalue weighted by Crippen LogP contribution is -2.38. The van der Waals surface area contributed by atoms with Gasteiger partial charge in [-0.2, -0.15) is 4.98 Å². The van der Waals surface area contributed by atoms with Gasteiger partial charge in [0.2, 0.25) is 5.95 Å². The molecule has 2 aromatic rings. The van der Waals surface area contributed by atoms with Crippen LogP contribution in [0, 0.1) is 0 Å². The van der Waals surface area contributed by atoms with E-state index in [1.54, 1.807) is 4.57 Å². The van der Waals surface area contributed by atoms with E-state index in [1.165, 1.54) is 10.9 Å². The Labute approximate surface area is 136 Å². The van der Waals surface area contributed by atoms with Gasteiger partial charge < -0.3 is 25.4 Å². The minimum absolute atomic E-state index is 0.0240. The van der Waals surface area contributed by atoms with Gasteiger partial charge in [0.05, 0.1) is 19.0 Å². The van der Waals surface area contributed by atoms with Crippen LogP contribution >= 0.6 is 0 Å². The lowest BCUT2D eigenvalue weighted by molar-refractivity contribution is -0.0432. The van der Waals surface area contributed by atoms with E-state index in [4.69, 9.17) is 4.74 Å². The van der Waals surface area contributed by atoms with Gasteiger partial charge in [0.15, 0.2) is 11.2 Å². The summed E-state index contributed by atoms with van der Waals surface area (Å²) in [6, 6.07) is -0.0240. The molecule has 0 aliphatic carbocycles. The van der Waals surface area contributed by atoms with Crippen molar-refractivity contribution < 1.29 is 20.1 Å². The maximum Gasteiger partial charge on any atom is 0.285 e. The van der Waals surface area contributed by atoms with E-state index in [9.17, 15) is 20.1 Å². The second-order valence-corrected chi connectivity index (χ2v) is 6.31. The van der Waals surface area contributed by atoms with Gasteiger partial charge in [-0.3, -0.25) is 9.36 Å². The van der Waals surface area contributed by atoms with E-state index in [2.05, 4.69) is 15.3 Å². The molecule has 5 atom stereocenters. The molecule has 10 heteroatoms. The van der Waals surface area contributed by atoms with Crippen LogP contribution in [-0.4, -0.2) is 59.3 Å². The van der Waals surface area contributed by atoms with Gasteiger partial charge in [-0.05, 0) is 6.92 Å². The number of hydrogen-bond acceptors (Lipinski definition) is 8. The molecule has 2 aliphatic heterocycles. The number of nitrogens with one attached hydrogen (secondary N) is 1. The molecular weight excluding hydrogens is 318 g/mol. The highest BCUT2D eigenvalue weighted by Crippen LogP contribution is 2.31. The maximum atomic E-state index is 12.6. The van der Waals surface area contributed by atoms with E-state index < -0.39 is 30.2 Å². The number of ether oxygens (including phenoxy) is 1. The van der Waals surface area contributed by atoms with Crippen LogP contribution in [0.3, 0.4) is 0 Å². The fourth-order valence-electron chi connectivity index (χ4n) is 3.32. The topological polar surface area (TPSA) is 135 Å². The zero-order valence-corrected chi connectivity index (χ0v) is 13.0. The Kier molecular flexibility index (Phi) is 3.57. The van der Waals surface area contributed by atoms with Crippen molar-refractivity contribution >= 4 is 17.1 Å². The lowest BCUT2D eigenvalue weighted by atomic mass is 10.2. The second kappa shape index (κ2) is 5.52. The van der Waals surface area contributed by atoms with Crippen LogP contribution in [0.2, 0.25) is 0 Å². The van der Waals surface area contributed by atoms with Crippen molar-refractivity contribution in [1.29, 1.82) is 0 Å². The van der Waals surface area contributed by atoms with Crippen molar-refractivity contribution in [3.63, 3.8) is 0 Å². The number of anilines is 1. The van der Waals surface area contributed by atoms with Gasteiger partial charge in [0.1, 0.15) is 18.6 Å². The minimum atomic E-state index is -0.950. The number of imidazole rings is 1. The lowest BCUT2D eigenvalue weighted by Gasteiger charge is -2.28. The van der Waals surface area contributed by atoms with E-state index in [0.29, 0.717) is 12.1 Å². The number of aliphatic hydroxyl groups excluding tert-OH is 3. The molecule has 1 saturated heterocycles. The second-order valence-electron chi connectivity index (χ2n) is 6.31. The molecule has 0 aromatic carbocycles. The summed E-state index contributed by atoms with van der Waals surface area (Å²) in [5, 5.41) is 32.3. The summed E-state index contributed by atoms with van der Waals surface area (Å²) in [5.41, 5.74) is 0.00781. The molecule has 2 aromatic heterocycles. The van der Waals surface area contributed by atoms with E-state index in [0.717, 1.165) is 0 Å². The van der Waals surface area contributed by atoms with Crippen LogP contribution in [0.5, 0.6) is 0 Å². The van der Waals surface area contributed by atoms with Gasteiger partial charge in [-0.15, -0.1) is 0 Å². The minimum Gasteiger partial charge on any atom is -0.394 e. The highest BCUT2D eigenvalue weighted by atomic mass is 16.5. The smallest absolute Gasteiger partial charge is 0.285 e. The third kappa shape index (κ3) is 2.22. The van der Waals surface area contributed by atoms with Crippen LogP contribution < -0.4 is 10.9 Å². The molecule has 24 heavy (non-hydrogen) atoms. The van der Waals surface area contributed by atoms with Crippen molar-refractivity contribution in [3.05, 3.63) is 16.7 Å². The van der Waals surface area contributed by atoms with Crippen LogP contribution in [0.1, 0.15) is 32.2 Å². The molecule has 0 unspecified atom stereocenters. The predicted octanol–water partition coefficient (Wildman–Crippen LogP) is -1.07. The van der Waals surface area contributed by atoms with Crippen LogP contribution in [-0.2, 0) is 4.74 Å². The molecule has 4 rings (SSSR count). The van der Waals surface area contributed by atoms with Crippen molar-refractivity contribution in [2.24, 2.45) is 0 Å². The number of fused-ring (bicyclic) bond motifs is 2. The number of rotatable bonds is 2. The number of aliphatic hydroxyl groups is 3. The Morgan fingerprint density at radius 1 is 1.42 bits per heavy atom. The van der Waals surface area contributed by atoms with Gasteiger partial charge in [0, 0.05) is 18.9 Å². The van der Waals surface area contributed by atoms with Crippen LogP contribution in [0.4, 0.5) is 5.95 Å². The predicted molar refractivity (Wildman–Crippen MR) is 82.4 cm³/mol. The zero-order valence-electron chi connectivity index (χ0n) is 13.0. The van der Waals surface area contributed by atoms with Gasteiger partial charge >= 0.3 is 0 Å². The fourth-order valence-corrected chi connectivity index (χ4v) is 3.32. The third-order valence-electron chi connectivity index (χ3n) is 4.56. The van der Waals surface area contributed by atoms with Crippen molar-refractivity contribution in [2.75, 3.05) is 11.9 Å². The Balaban J connectivity index is 1.82. The number of hydrogen-bond donors (Lipinski definition) is 4. The highest BCUT2D eigenvalue weighted by Gasteiger charge is 2.36. The standard InChI is InChI=1S/C14H19N5O5/c1-6-2-9(22)19-13(23)11-12(17-14(19)16-6)18(5-15-11)10-3-7(21)8(4-20)24-10/h5-10,20-22H,2-4H2,1H3,(H,16,17)/t6-,7-,8+,9-,10+/m0/s1. The average molecular weight is 337 g/mol. The first-order chi connectivity index (χ1) is 11.5. The largest absolute Gasteiger partial charge is 0.394 e. The molecule has 4 heterocycles. The molecule has 0 spiro atoms. The summed E-state index contributed by atoms with van der Waals surface area (Å²) in [7, 11) is 0. The summed E-state index contributed by atoms with van der Waals surface area (Å²) in [5.74, 6) is 0.276. The normalized spacial score (nSPS) is 32.8. The van der Waals surface area contributed by atoms with E-state index in [-0.39, 0.29) is 30.5 Å². The van der Waals surface area contributed by atoms with Gasteiger partial charge in [-0.25, -0.2) is 9.55 Å². The van der Waals surface area contributed by atoms with Gasteiger partial charge in [-0.1, -0.05) is 0 Å². The third-order valence-corrected chi connectivity index (χ3v) is 4.56. The number of nitrogens with zero attached hydrogens (tertiary/aromatic N) is 4. The van der Waals surface area contributed by atoms with E-state index >= 15 is 0 Å². The first kappa shape index (κ1) is 15.5. The summed E-state index contributed by atoms with van der Waals surface area (Å²) in [6.07, 6.45) is -0.891. The summed E-state index contributed by atoms with van der Waals surface area (Å²) in [4.78, 5) is 21.2. The molecule has 4 N–H and O–H groups in total. The molecule has 10 nitrogen and oxygen atoms in total. The average Bonchev–Trinajstić information content (AvgIpc) is 3.09. The highest BCUT2D eigenvalue weighted by molar-refractivity contribution is 5.71. The van der Waals surface area contributed by atoms with Crippen LogP contribution in [0.25, 0.3) is 11.2 Å². The van der Waals surface area contributed by atoms with Gasteiger partial charge in [0.25, 0.3) is 5.56 Å². The Morgan fingerprint density at radius 2 is 2.21 bits per heavy atom. The summed E-state index contributed by atoms with van der Waals surface area (Å²) in [6.45, 7) is 1.60. The first-order valence-electron chi connectivity index (χ1n) is 7.87. The monoisotopic (exact) mass is 337 g/mol. The zero-order chi connectivity index (χ0) is 17.0. The summed E-state index contributed by atoms with van der Waals surface area (Å²) < 4.78 is 8.37. The fraction of sp³-hybridized carbons (Fsp3) is 0.643. The quantitative estimate of drug-likeness (QED) is 0.544. The van der Waals surface area contributed by atoms with E-state index in [1.807, 2.05) is 6.92 Å². The Bertz CT molecular complexity index is 833. The molecule has 0 saturated carbocycles. The SMILES string of the molecule is C[C@H]1C[C@H](O)n2c(nc3c(ncn3[C@H]3C[C@H](O)[C@@H](CO)O3)c2=O)N1. The molecule has 1 fully saturated rings. The first-order valence-corrected chi connectivity index (χ1v) is 7.87. The maximum absolute atomic E-state index is 12.6. The number of aromatic nitrogens is 4. The molecule has 0 bridgehead atoms.